The van der Waals surface area contributed by atoms with Gasteiger partial charge in [-0.25, -0.2) is 4.98 Å². The highest BCUT2D eigenvalue weighted by molar-refractivity contribution is 6.29. The summed E-state index contributed by atoms with van der Waals surface area (Å²) in [7, 11) is 0. The smallest absolute Gasteiger partial charge is 0.159 e. The first kappa shape index (κ1) is 13.5. The Bertz CT molecular complexity index is 798. The number of rotatable bonds is 2. The topological polar surface area (TPSA) is 55.6 Å². The molecule has 4 rings (SSSR count). The van der Waals surface area contributed by atoms with Crippen LogP contribution in [0.5, 0.6) is 0 Å². The number of anilines is 1. The SMILES string of the molecule is Clc1cc(N2CCOCC2)n2nc(-c3ccncc3)cc2n1. The molecule has 4 heterocycles. The van der Waals surface area contributed by atoms with Crippen molar-refractivity contribution < 1.29 is 4.74 Å². The number of aromatic nitrogens is 4. The molecule has 0 amide bonds. The van der Waals surface area contributed by atoms with Crippen molar-refractivity contribution in [1.29, 1.82) is 0 Å². The van der Waals surface area contributed by atoms with E-state index in [-0.39, 0.29) is 0 Å². The number of fused-ring (bicyclic) bond motifs is 1. The molecule has 6 nitrogen and oxygen atoms in total. The van der Waals surface area contributed by atoms with Gasteiger partial charge in [0.15, 0.2) is 5.65 Å². The van der Waals surface area contributed by atoms with Crippen molar-refractivity contribution in [3.63, 3.8) is 0 Å². The summed E-state index contributed by atoms with van der Waals surface area (Å²) in [6.07, 6.45) is 3.51. The van der Waals surface area contributed by atoms with Crippen molar-refractivity contribution >= 4 is 23.1 Å². The molecule has 7 heteroatoms. The average Bonchev–Trinajstić information content (AvgIpc) is 2.99. The molecule has 3 aromatic heterocycles. The van der Waals surface area contributed by atoms with Gasteiger partial charge in [0.25, 0.3) is 0 Å². The Morgan fingerprint density at radius 3 is 2.64 bits per heavy atom. The summed E-state index contributed by atoms with van der Waals surface area (Å²) >= 11 is 6.18. The summed E-state index contributed by atoms with van der Waals surface area (Å²) < 4.78 is 7.25. The van der Waals surface area contributed by atoms with Gasteiger partial charge in [0, 0.05) is 43.2 Å². The Balaban J connectivity index is 1.84. The minimum Gasteiger partial charge on any atom is -0.378 e. The third-order valence-electron chi connectivity index (χ3n) is 3.69. The Kier molecular flexibility index (Phi) is 3.40. The summed E-state index contributed by atoms with van der Waals surface area (Å²) in [6.45, 7) is 3.06. The van der Waals surface area contributed by atoms with Crippen LogP contribution in [0.15, 0.2) is 36.7 Å². The monoisotopic (exact) mass is 315 g/mol. The number of pyridine rings is 1. The van der Waals surface area contributed by atoms with Crippen LogP contribution in [-0.4, -0.2) is 45.9 Å². The van der Waals surface area contributed by atoms with Gasteiger partial charge in [-0.3, -0.25) is 4.98 Å². The molecule has 1 aliphatic rings. The molecule has 112 valence electrons. The van der Waals surface area contributed by atoms with Crippen molar-refractivity contribution in [1.82, 2.24) is 19.6 Å². The van der Waals surface area contributed by atoms with E-state index in [9.17, 15) is 0 Å². The molecule has 0 saturated carbocycles. The lowest BCUT2D eigenvalue weighted by molar-refractivity contribution is 0.122. The van der Waals surface area contributed by atoms with Crippen molar-refractivity contribution in [2.45, 2.75) is 0 Å². The molecule has 0 N–H and O–H groups in total. The first-order valence-electron chi connectivity index (χ1n) is 7.11. The second kappa shape index (κ2) is 5.55. The highest BCUT2D eigenvalue weighted by Crippen LogP contribution is 2.25. The van der Waals surface area contributed by atoms with Gasteiger partial charge in [-0.05, 0) is 12.1 Å². The van der Waals surface area contributed by atoms with Crippen LogP contribution in [0.1, 0.15) is 0 Å². The van der Waals surface area contributed by atoms with Crippen molar-refractivity contribution in [2.75, 3.05) is 31.2 Å². The summed E-state index contributed by atoms with van der Waals surface area (Å²) in [5.74, 6) is 0.943. The first-order valence-corrected chi connectivity index (χ1v) is 7.48. The number of hydrogen-bond acceptors (Lipinski definition) is 5. The van der Waals surface area contributed by atoms with Crippen molar-refractivity contribution in [3.8, 4) is 11.3 Å². The van der Waals surface area contributed by atoms with Gasteiger partial charge >= 0.3 is 0 Å². The number of halogens is 1. The summed E-state index contributed by atoms with van der Waals surface area (Å²) in [6, 6.07) is 7.64. The van der Waals surface area contributed by atoms with E-state index in [4.69, 9.17) is 16.3 Å². The molecule has 0 aliphatic carbocycles. The van der Waals surface area contributed by atoms with Crippen LogP contribution in [0, 0.1) is 0 Å². The molecule has 1 fully saturated rings. The summed E-state index contributed by atoms with van der Waals surface area (Å²) in [5, 5.41) is 5.15. The third-order valence-corrected chi connectivity index (χ3v) is 3.88. The average molecular weight is 316 g/mol. The molecule has 0 atom stereocenters. The van der Waals surface area contributed by atoms with Crippen LogP contribution >= 0.6 is 11.6 Å². The van der Waals surface area contributed by atoms with Crippen molar-refractivity contribution in [3.05, 3.63) is 41.8 Å². The van der Waals surface area contributed by atoms with Gasteiger partial charge in [-0.15, -0.1) is 0 Å². The van der Waals surface area contributed by atoms with Gasteiger partial charge in [0.2, 0.25) is 0 Å². The molecule has 0 aromatic carbocycles. The minimum atomic E-state index is 0.468. The Labute approximate surface area is 132 Å². The predicted molar refractivity (Wildman–Crippen MR) is 84.3 cm³/mol. The molecule has 0 spiro atoms. The molecule has 1 aliphatic heterocycles. The quantitative estimate of drug-likeness (QED) is 0.679. The molecule has 0 unspecified atom stereocenters. The third kappa shape index (κ3) is 2.40. The van der Waals surface area contributed by atoms with E-state index in [0.29, 0.717) is 18.4 Å². The highest BCUT2D eigenvalue weighted by Gasteiger charge is 2.17. The zero-order valence-electron chi connectivity index (χ0n) is 11.8. The molecule has 1 saturated heterocycles. The maximum absolute atomic E-state index is 6.18. The van der Waals surface area contributed by atoms with E-state index >= 15 is 0 Å². The maximum atomic E-state index is 6.18. The zero-order valence-corrected chi connectivity index (χ0v) is 12.6. The van der Waals surface area contributed by atoms with Gasteiger partial charge in [0.1, 0.15) is 11.0 Å². The Morgan fingerprint density at radius 1 is 1.09 bits per heavy atom. The second-order valence-corrected chi connectivity index (χ2v) is 5.46. The highest BCUT2D eigenvalue weighted by atomic mass is 35.5. The predicted octanol–water partition coefficient (Wildman–Crippen LogP) is 2.28. The molecular weight excluding hydrogens is 302 g/mol. The van der Waals surface area contributed by atoms with E-state index in [1.165, 1.54) is 0 Å². The van der Waals surface area contributed by atoms with Crippen LogP contribution in [-0.2, 0) is 4.74 Å². The largest absolute Gasteiger partial charge is 0.378 e. The van der Waals surface area contributed by atoms with E-state index < -0.39 is 0 Å². The maximum Gasteiger partial charge on any atom is 0.159 e. The molecular formula is C15H14ClN5O. The van der Waals surface area contributed by atoms with E-state index in [2.05, 4.69) is 20.0 Å². The van der Waals surface area contributed by atoms with E-state index in [1.54, 1.807) is 12.4 Å². The first-order chi connectivity index (χ1) is 10.8. The number of hydrogen-bond donors (Lipinski definition) is 0. The van der Waals surface area contributed by atoms with Gasteiger partial charge < -0.3 is 9.64 Å². The van der Waals surface area contributed by atoms with E-state index in [1.807, 2.05) is 28.8 Å². The molecule has 0 bridgehead atoms. The van der Waals surface area contributed by atoms with Crippen LogP contribution < -0.4 is 4.90 Å². The fourth-order valence-electron chi connectivity index (χ4n) is 2.61. The summed E-state index contributed by atoms with van der Waals surface area (Å²) in [5.41, 5.74) is 2.59. The Morgan fingerprint density at radius 2 is 1.86 bits per heavy atom. The zero-order chi connectivity index (χ0) is 14.9. The standard InChI is InChI=1S/C15H14ClN5O/c16-13-10-15(20-5-7-22-8-6-20)21-14(18-13)9-12(19-21)11-1-3-17-4-2-11/h1-4,9-10H,5-8H2. The van der Waals surface area contributed by atoms with E-state index in [0.717, 1.165) is 35.8 Å². The number of ether oxygens (including phenoxy) is 1. The lowest BCUT2D eigenvalue weighted by Crippen LogP contribution is -2.37. The number of morpholine rings is 1. The number of nitrogens with zero attached hydrogens (tertiary/aromatic N) is 5. The lowest BCUT2D eigenvalue weighted by Gasteiger charge is -2.28. The lowest BCUT2D eigenvalue weighted by atomic mass is 10.2. The van der Waals surface area contributed by atoms with Crippen LogP contribution in [0.25, 0.3) is 16.9 Å². The summed E-state index contributed by atoms with van der Waals surface area (Å²) in [4.78, 5) is 10.6. The van der Waals surface area contributed by atoms with Crippen molar-refractivity contribution in [2.24, 2.45) is 0 Å². The van der Waals surface area contributed by atoms with Crippen LogP contribution in [0.2, 0.25) is 5.15 Å². The van der Waals surface area contributed by atoms with Crippen LogP contribution in [0.3, 0.4) is 0 Å². The second-order valence-electron chi connectivity index (χ2n) is 5.07. The van der Waals surface area contributed by atoms with Gasteiger partial charge in [0.05, 0.1) is 18.9 Å². The minimum absolute atomic E-state index is 0.468. The van der Waals surface area contributed by atoms with Crippen LogP contribution in [0.4, 0.5) is 5.82 Å². The molecule has 0 radical (unpaired) electrons. The fourth-order valence-corrected chi connectivity index (χ4v) is 2.79. The Hall–Kier alpha value is -2.18. The molecule has 3 aromatic rings. The van der Waals surface area contributed by atoms with Gasteiger partial charge in [-0.1, -0.05) is 11.6 Å². The van der Waals surface area contributed by atoms with Gasteiger partial charge in [-0.2, -0.15) is 9.61 Å². The molecule has 22 heavy (non-hydrogen) atoms. The fraction of sp³-hybridized carbons (Fsp3) is 0.267. The normalized spacial score (nSPS) is 15.4.